The number of carboxylic acid groups (broad SMARTS) is 1. The Morgan fingerprint density at radius 3 is 1.89 bits per heavy atom. The summed E-state index contributed by atoms with van der Waals surface area (Å²) in [5.74, 6) is -1.34. The third kappa shape index (κ3) is 8.45. The van der Waals surface area contributed by atoms with Crippen LogP contribution in [0, 0.1) is 11.3 Å². The minimum Gasteiger partial charge on any atom is -0.478 e. The fourth-order valence-electron chi connectivity index (χ4n) is 2.50. The van der Waals surface area contributed by atoms with Crippen molar-refractivity contribution in [3.05, 3.63) is 11.6 Å². The molecule has 0 saturated carbocycles. The molecule has 0 aliphatic rings. The van der Waals surface area contributed by atoms with Gasteiger partial charge in [0.25, 0.3) is 0 Å². The van der Waals surface area contributed by atoms with Gasteiger partial charge in [-0.05, 0) is 39.0 Å². The summed E-state index contributed by atoms with van der Waals surface area (Å²) in [6, 6.07) is -1.24. The summed E-state index contributed by atoms with van der Waals surface area (Å²) in [6.45, 7) is 16.1. The van der Waals surface area contributed by atoms with E-state index >= 15 is 0 Å². The number of hydrogen-bond acceptors (Lipinski definition) is 4. The predicted octanol–water partition coefficient (Wildman–Crippen LogP) is 3.44. The number of carboxylic acids is 1. The van der Waals surface area contributed by atoms with Crippen molar-refractivity contribution in [2.24, 2.45) is 11.3 Å². The van der Waals surface area contributed by atoms with E-state index in [2.05, 4.69) is 5.32 Å². The highest BCUT2D eigenvalue weighted by Crippen LogP contribution is 2.24. The second-order valence-electron chi connectivity index (χ2n) is 9.28. The molecular formula is C20H36N2O5. The number of aliphatic carboxylic acids is 1. The maximum atomic E-state index is 13.2. The molecule has 0 radical (unpaired) electrons. The van der Waals surface area contributed by atoms with E-state index in [1.165, 1.54) is 11.8 Å². The highest BCUT2D eigenvalue weighted by atomic mass is 16.6. The fourth-order valence-corrected chi connectivity index (χ4v) is 2.50. The highest BCUT2D eigenvalue weighted by molar-refractivity contribution is 5.88. The number of alkyl carbamates (subject to hydrolysis) is 1. The smallest absolute Gasteiger partial charge is 0.408 e. The molecule has 27 heavy (non-hydrogen) atoms. The van der Waals surface area contributed by atoms with Crippen LogP contribution >= 0.6 is 0 Å². The number of ether oxygens (including phenoxy) is 1. The third-order valence-corrected chi connectivity index (χ3v) is 4.01. The van der Waals surface area contributed by atoms with Crippen LogP contribution in [0.4, 0.5) is 4.79 Å². The number of carbonyl (C=O) groups excluding carboxylic acids is 2. The van der Waals surface area contributed by atoms with Crippen molar-refractivity contribution in [3.8, 4) is 0 Å². The molecule has 156 valence electrons. The first-order valence-electron chi connectivity index (χ1n) is 9.15. The molecule has 7 heteroatoms. The summed E-state index contributed by atoms with van der Waals surface area (Å²) >= 11 is 0. The number of carbonyl (C=O) groups is 3. The maximum absolute atomic E-state index is 13.2. The SMILES string of the molecule is CC(=C[C@H](C(C)C)N(C)C(=O)[C@@H](NC(=O)OC(C)(C)C)C(C)(C)C)C(=O)O. The van der Waals surface area contributed by atoms with Crippen molar-refractivity contribution in [3.63, 3.8) is 0 Å². The molecule has 0 aromatic heterocycles. The van der Waals surface area contributed by atoms with Crippen LogP contribution < -0.4 is 5.32 Å². The van der Waals surface area contributed by atoms with Gasteiger partial charge in [0.15, 0.2) is 0 Å². The van der Waals surface area contributed by atoms with Crippen molar-refractivity contribution < 1.29 is 24.2 Å². The maximum Gasteiger partial charge on any atom is 0.408 e. The van der Waals surface area contributed by atoms with Crippen LogP contribution in [0.3, 0.4) is 0 Å². The Morgan fingerprint density at radius 1 is 1.07 bits per heavy atom. The number of likely N-dealkylation sites (N-methyl/N-ethyl adjacent to an activating group) is 1. The van der Waals surface area contributed by atoms with E-state index in [9.17, 15) is 14.4 Å². The van der Waals surface area contributed by atoms with Crippen LogP contribution in [0.15, 0.2) is 11.6 Å². The normalized spacial score (nSPS) is 15.1. The van der Waals surface area contributed by atoms with Crippen LogP contribution in [0.2, 0.25) is 0 Å². The zero-order valence-corrected chi connectivity index (χ0v) is 18.3. The Hall–Kier alpha value is -2.05. The first-order valence-corrected chi connectivity index (χ1v) is 9.15. The number of amides is 2. The van der Waals surface area contributed by atoms with Crippen LogP contribution in [-0.4, -0.2) is 52.7 Å². The molecule has 0 heterocycles. The molecule has 0 bridgehead atoms. The average Bonchev–Trinajstić information content (AvgIpc) is 2.45. The summed E-state index contributed by atoms with van der Waals surface area (Å²) in [5, 5.41) is 11.8. The van der Waals surface area contributed by atoms with Crippen molar-refractivity contribution in [2.45, 2.75) is 80.0 Å². The van der Waals surface area contributed by atoms with Gasteiger partial charge >= 0.3 is 12.1 Å². The van der Waals surface area contributed by atoms with E-state index in [-0.39, 0.29) is 17.4 Å². The van der Waals surface area contributed by atoms with Crippen molar-refractivity contribution >= 4 is 18.0 Å². The lowest BCUT2D eigenvalue weighted by atomic mass is 9.85. The second kappa shape index (κ2) is 9.24. The van der Waals surface area contributed by atoms with Crippen molar-refractivity contribution in [1.82, 2.24) is 10.2 Å². The molecule has 0 aliphatic carbocycles. The van der Waals surface area contributed by atoms with E-state index in [1.807, 2.05) is 34.6 Å². The minimum atomic E-state index is -1.03. The van der Waals surface area contributed by atoms with Gasteiger partial charge in [0.05, 0.1) is 6.04 Å². The fraction of sp³-hybridized carbons (Fsp3) is 0.750. The van der Waals surface area contributed by atoms with E-state index in [4.69, 9.17) is 9.84 Å². The standard InChI is InChI=1S/C20H36N2O5/c1-12(2)14(11-13(3)17(24)25)22(10)16(23)15(19(4,5)6)21-18(26)27-20(7,8)9/h11-12,14-15H,1-10H3,(H,21,26)(H,24,25)/t14-,15-/m1/s1. The quantitative estimate of drug-likeness (QED) is 0.684. The van der Waals surface area contributed by atoms with Gasteiger partial charge in [-0.1, -0.05) is 40.7 Å². The Balaban J connectivity index is 5.67. The lowest BCUT2D eigenvalue weighted by Gasteiger charge is -2.37. The Morgan fingerprint density at radius 2 is 1.56 bits per heavy atom. The van der Waals surface area contributed by atoms with Gasteiger partial charge in [0.1, 0.15) is 11.6 Å². The molecule has 2 N–H and O–H groups in total. The molecule has 0 fully saturated rings. The first-order chi connectivity index (χ1) is 12.0. The first kappa shape index (κ1) is 24.9. The van der Waals surface area contributed by atoms with E-state index < -0.39 is 35.2 Å². The molecule has 7 nitrogen and oxygen atoms in total. The van der Waals surface area contributed by atoms with E-state index in [0.29, 0.717) is 0 Å². The molecule has 0 saturated heterocycles. The topological polar surface area (TPSA) is 95.9 Å². The lowest BCUT2D eigenvalue weighted by molar-refractivity contribution is -0.137. The van der Waals surface area contributed by atoms with E-state index in [0.717, 1.165) is 0 Å². The number of nitrogens with zero attached hydrogens (tertiary/aromatic N) is 1. The molecule has 0 aromatic carbocycles. The summed E-state index contributed by atoms with van der Waals surface area (Å²) in [7, 11) is 1.62. The predicted molar refractivity (Wildman–Crippen MR) is 105 cm³/mol. The van der Waals surface area contributed by atoms with Gasteiger partial charge in [-0.2, -0.15) is 0 Å². The van der Waals surface area contributed by atoms with Crippen LogP contribution in [0.1, 0.15) is 62.3 Å². The molecule has 2 atom stereocenters. The van der Waals surface area contributed by atoms with Gasteiger partial charge in [-0.3, -0.25) is 4.79 Å². The molecule has 0 spiro atoms. The molecule has 2 amide bonds. The summed E-state index contributed by atoms with van der Waals surface area (Å²) in [5.41, 5.74) is -1.07. The Kier molecular flexibility index (Phi) is 8.54. The van der Waals surface area contributed by atoms with Gasteiger partial charge < -0.3 is 20.1 Å². The molecule has 0 unspecified atom stereocenters. The molecular weight excluding hydrogens is 348 g/mol. The summed E-state index contributed by atoms with van der Waals surface area (Å²) in [4.78, 5) is 38.1. The minimum absolute atomic E-state index is 0.00426. The monoisotopic (exact) mass is 384 g/mol. The van der Waals surface area contributed by atoms with E-state index in [1.54, 1.807) is 33.9 Å². The summed E-state index contributed by atoms with van der Waals surface area (Å²) in [6.07, 6.45) is 0.903. The van der Waals surface area contributed by atoms with Crippen LogP contribution in [0.5, 0.6) is 0 Å². The third-order valence-electron chi connectivity index (χ3n) is 4.01. The molecule has 0 aliphatic heterocycles. The van der Waals surface area contributed by atoms with Gasteiger partial charge in [0, 0.05) is 12.6 Å². The van der Waals surface area contributed by atoms with Crippen LogP contribution in [0.25, 0.3) is 0 Å². The molecule has 0 rings (SSSR count). The van der Waals surface area contributed by atoms with Crippen molar-refractivity contribution in [2.75, 3.05) is 7.05 Å². The number of rotatable bonds is 6. The zero-order valence-electron chi connectivity index (χ0n) is 18.3. The zero-order chi connectivity index (χ0) is 21.7. The highest BCUT2D eigenvalue weighted by Gasteiger charge is 2.37. The van der Waals surface area contributed by atoms with Gasteiger partial charge in [-0.15, -0.1) is 0 Å². The number of hydrogen-bond donors (Lipinski definition) is 2. The second-order valence-corrected chi connectivity index (χ2v) is 9.28. The lowest BCUT2D eigenvalue weighted by Crippen LogP contribution is -2.56. The van der Waals surface area contributed by atoms with Crippen molar-refractivity contribution in [1.29, 1.82) is 0 Å². The number of nitrogens with one attached hydrogen (secondary N) is 1. The van der Waals surface area contributed by atoms with Gasteiger partial charge in [-0.25, -0.2) is 9.59 Å². The van der Waals surface area contributed by atoms with Gasteiger partial charge in [0.2, 0.25) is 5.91 Å². The summed E-state index contributed by atoms with van der Waals surface area (Å²) < 4.78 is 5.29. The average molecular weight is 385 g/mol. The molecule has 0 aromatic rings. The Bertz CT molecular complexity index is 582. The largest absolute Gasteiger partial charge is 0.478 e. The Labute approximate surface area is 163 Å². The van der Waals surface area contributed by atoms with Crippen LogP contribution in [-0.2, 0) is 14.3 Å².